The molecule has 1 fully saturated rings. The minimum Gasteiger partial charge on any atom is -0.377 e. The van der Waals surface area contributed by atoms with Gasteiger partial charge >= 0.3 is 0 Å². The lowest BCUT2D eigenvalue weighted by atomic mass is 10.5. The van der Waals surface area contributed by atoms with Gasteiger partial charge in [-0.2, -0.15) is 0 Å². The molecule has 0 radical (unpaired) electrons. The molecular formula is C8H12BrN3O. The number of hydrogen-bond acceptors (Lipinski definition) is 3. The third-order valence-corrected chi connectivity index (χ3v) is 2.64. The third kappa shape index (κ3) is 1.76. The first-order valence-corrected chi connectivity index (χ1v) is 5.46. The van der Waals surface area contributed by atoms with Crippen molar-refractivity contribution in [1.82, 2.24) is 14.8 Å². The molecule has 0 saturated heterocycles. The molecule has 0 aromatic carbocycles. The van der Waals surface area contributed by atoms with Crippen molar-refractivity contribution in [2.45, 2.75) is 30.8 Å². The standard InChI is InChI=1S/C8H12BrN3O/c1-13-5-8-11-10-7(4-9)12(8)6-2-3-6/h6H,2-5H2,1H3. The van der Waals surface area contributed by atoms with Crippen LogP contribution in [0.2, 0.25) is 0 Å². The van der Waals surface area contributed by atoms with Gasteiger partial charge in [-0.05, 0) is 12.8 Å². The van der Waals surface area contributed by atoms with E-state index in [9.17, 15) is 0 Å². The molecule has 1 aromatic heterocycles. The first kappa shape index (κ1) is 9.15. The zero-order valence-electron chi connectivity index (χ0n) is 7.53. The summed E-state index contributed by atoms with van der Waals surface area (Å²) in [6, 6.07) is 0.618. The molecule has 4 nitrogen and oxygen atoms in total. The molecule has 72 valence electrons. The Balaban J connectivity index is 2.27. The summed E-state index contributed by atoms with van der Waals surface area (Å²) >= 11 is 3.40. The molecule has 0 N–H and O–H groups in total. The minimum absolute atomic E-state index is 0.552. The summed E-state index contributed by atoms with van der Waals surface area (Å²) in [6.45, 7) is 0.552. The van der Waals surface area contributed by atoms with Crippen LogP contribution in [0.1, 0.15) is 30.5 Å². The van der Waals surface area contributed by atoms with Crippen molar-refractivity contribution in [3.8, 4) is 0 Å². The highest BCUT2D eigenvalue weighted by molar-refractivity contribution is 9.08. The van der Waals surface area contributed by atoms with Crippen LogP contribution < -0.4 is 0 Å². The zero-order valence-corrected chi connectivity index (χ0v) is 9.12. The van der Waals surface area contributed by atoms with Gasteiger partial charge in [0, 0.05) is 13.2 Å². The first-order chi connectivity index (χ1) is 6.36. The molecule has 0 unspecified atom stereocenters. The topological polar surface area (TPSA) is 39.9 Å². The van der Waals surface area contributed by atoms with Gasteiger partial charge in [0.1, 0.15) is 12.4 Å². The van der Waals surface area contributed by atoms with Crippen molar-refractivity contribution in [3.05, 3.63) is 11.6 Å². The highest BCUT2D eigenvalue weighted by Gasteiger charge is 2.28. The Bertz CT molecular complexity index is 296. The van der Waals surface area contributed by atoms with E-state index in [2.05, 4.69) is 30.7 Å². The maximum Gasteiger partial charge on any atom is 0.159 e. The van der Waals surface area contributed by atoms with Crippen LogP contribution in [0.15, 0.2) is 0 Å². The second-order valence-corrected chi connectivity index (χ2v) is 3.76. The number of ether oxygens (including phenoxy) is 1. The van der Waals surface area contributed by atoms with Crippen molar-refractivity contribution in [2.24, 2.45) is 0 Å². The van der Waals surface area contributed by atoms with Crippen molar-refractivity contribution in [2.75, 3.05) is 7.11 Å². The Labute approximate surface area is 85.4 Å². The van der Waals surface area contributed by atoms with Crippen LogP contribution >= 0.6 is 15.9 Å². The van der Waals surface area contributed by atoms with Crippen LogP contribution in [0.4, 0.5) is 0 Å². The maximum atomic E-state index is 5.07. The average molecular weight is 246 g/mol. The lowest BCUT2D eigenvalue weighted by Gasteiger charge is -2.05. The van der Waals surface area contributed by atoms with Crippen LogP contribution in [-0.2, 0) is 16.7 Å². The third-order valence-electron chi connectivity index (χ3n) is 2.14. The maximum absolute atomic E-state index is 5.07. The number of methoxy groups -OCH3 is 1. The molecule has 0 spiro atoms. The first-order valence-electron chi connectivity index (χ1n) is 4.34. The van der Waals surface area contributed by atoms with Crippen molar-refractivity contribution >= 4 is 15.9 Å². The van der Waals surface area contributed by atoms with Gasteiger partial charge < -0.3 is 9.30 Å². The summed E-state index contributed by atoms with van der Waals surface area (Å²) in [5, 5.41) is 8.96. The van der Waals surface area contributed by atoms with Gasteiger partial charge in [0.25, 0.3) is 0 Å². The fourth-order valence-electron chi connectivity index (χ4n) is 1.43. The van der Waals surface area contributed by atoms with E-state index in [4.69, 9.17) is 4.74 Å². The molecule has 0 bridgehead atoms. The van der Waals surface area contributed by atoms with Crippen LogP contribution in [0.25, 0.3) is 0 Å². The molecule has 1 saturated carbocycles. The van der Waals surface area contributed by atoms with E-state index in [1.807, 2.05) is 0 Å². The van der Waals surface area contributed by atoms with E-state index in [1.54, 1.807) is 7.11 Å². The normalized spacial score (nSPS) is 16.5. The molecule has 1 aromatic rings. The van der Waals surface area contributed by atoms with Gasteiger partial charge in [0.2, 0.25) is 0 Å². The van der Waals surface area contributed by atoms with Gasteiger partial charge in [-0.1, -0.05) is 15.9 Å². The quantitative estimate of drug-likeness (QED) is 0.758. The fraction of sp³-hybridized carbons (Fsp3) is 0.750. The second kappa shape index (κ2) is 3.75. The summed E-state index contributed by atoms with van der Waals surface area (Å²) in [5.41, 5.74) is 0. The van der Waals surface area contributed by atoms with Crippen LogP contribution in [-0.4, -0.2) is 21.9 Å². The number of nitrogens with zero attached hydrogens (tertiary/aromatic N) is 3. The number of aromatic nitrogens is 3. The van der Waals surface area contributed by atoms with E-state index >= 15 is 0 Å². The molecule has 1 aliphatic carbocycles. The smallest absolute Gasteiger partial charge is 0.159 e. The van der Waals surface area contributed by atoms with Crippen LogP contribution in [0.3, 0.4) is 0 Å². The van der Waals surface area contributed by atoms with Gasteiger partial charge in [-0.3, -0.25) is 0 Å². The Morgan fingerprint density at radius 3 is 2.69 bits per heavy atom. The lowest BCUT2D eigenvalue weighted by molar-refractivity contribution is 0.173. The SMILES string of the molecule is COCc1nnc(CBr)n1C1CC1. The van der Waals surface area contributed by atoms with E-state index in [1.165, 1.54) is 12.8 Å². The summed E-state index contributed by atoms with van der Waals surface area (Å²) in [4.78, 5) is 0. The second-order valence-electron chi connectivity index (χ2n) is 3.20. The van der Waals surface area contributed by atoms with Gasteiger partial charge in [-0.15, -0.1) is 10.2 Å². The van der Waals surface area contributed by atoms with E-state index < -0.39 is 0 Å². The Morgan fingerprint density at radius 2 is 2.15 bits per heavy atom. The molecule has 0 aliphatic heterocycles. The average Bonchev–Trinajstić information content (AvgIpc) is 2.89. The van der Waals surface area contributed by atoms with E-state index in [-0.39, 0.29) is 0 Å². The van der Waals surface area contributed by atoms with E-state index in [0.717, 1.165) is 17.0 Å². The number of alkyl halides is 1. The summed E-state index contributed by atoms with van der Waals surface area (Å²) in [7, 11) is 1.68. The Morgan fingerprint density at radius 1 is 1.46 bits per heavy atom. The summed E-state index contributed by atoms with van der Waals surface area (Å²) in [5.74, 6) is 1.95. The molecular weight excluding hydrogens is 234 g/mol. The molecule has 1 aliphatic rings. The molecule has 0 atom stereocenters. The number of halogens is 1. The molecule has 0 amide bonds. The van der Waals surface area contributed by atoms with Crippen LogP contribution in [0.5, 0.6) is 0 Å². The highest BCUT2D eigenvalue weighted by Crippen LogP contribution is 2.37. The number of hydrogen-bond donors (Lipinski definition) is 0. The minimum atomic E-state index is 0.552. The largest absolute Gasteiger partial charge is 0.377 e. The molecule has 1 heterocycles. The number of rotatable bonds is 4. The fourth-order valence-corrected chi connectivity index (χ4v) is 1.82. The van der Waals surface area contributed by atoms with Gasteiger partial charge in [0.05, 0.1) is 5.33 Å². The highest BCUT2D eigenvalue weighted by atomic mass is 79.9. The monoisotopic (exact) mass is 245 g/mol. The summed E-state index contributed by atoms with van der Waals surface area (Å²) < 4.78 is 7.26. The predicted molar refractivity (Wildman–Crippen MR) is 51.6 cm³/mol. The Hall–Kier alpha value is -0.420. The summed E-state index contributed by atoms with van der Waals surface area (Å²) in [6.07, 6.45) is 2.49. The lowest BCUT2D eigenvalue weighted by Crippen LogP contribution is -2.05. The van der Waals surface area contributed by atoms with Crippen molar-refractivity contribution < 1.29 is 4.74 Å². The molecule has 5 heteroatoms. The van der Waals surface area contributed by atoms with Gasteiger partial charge in [-0.25, -0.2) is 0 Å². The van der Waals surface area contributed by atoms with Gasteiger partial charge in [0.15, 0.2) is 5.82 Å². The van der Waals surface area contributed by atoms with Crippen molar-refractivity contribution in [3.63, 3.8) is 0 Å². The zero-order chi connectivity index (χ0) is 9.26. The predicted octanol–water partition coefficient (Wildman–Crippen LogP) is 1.65. The van der Waals surface area contributed by atoms with Crippen LogP contribution in [0, 0.1) is 0 Å². The van der Waals surface area contributed by atoms with Crippen molar-refractivity contribution in [1.29, 1.82) is 0 Å². The molecule has 2 rings (SSSR count). The van der Waals surface area contributed by atoms with E-state index in [0.29, 0.717) is 12.6 Å². The molecule has 13 heavy (non-hydrogen) atoms. The Kier molecular flexibility index (Phi) is 2.64.